The predicted molar refractivity (Wildman–Crippen MR) is 138 cm³/mol. The Bertz CT molecular complexity index is 1810. The Balaban J connectivity index is 1.43. The summed E-state index contributed by atoms with van der Waals surface area (Å²) in [4.78, 5) is 13.0. The van der Waals surface area contributed by atoms with Gasteiger partial charge in [-0.15, -0.1) is 0 Å². The summed E-state index contributed by atoms with van der Waals surface area (Å²) in [7, 11) is -2.36. The third-order valence-corrected chi connectivity index (χ3v) is 7.66. The summed E-state index contributed by atoms with van der Waals surface area (Å²) in [6.07, 6.45) is 2.18. The van der Waals surface area contributed by atoms with Crippen molar-refractivity contribution in [2.45, 2.75) is 11.3 Å². The maximum absolute atomic E-state index is 13.0. The van der Waals surface area contributed by atoms with Gasteiger partial charge in [-0.05, 0) is 59.2 Å². The second kappa shape index (κ2) is 8.82. The molecular formula is C27H21N3O6S. The van der Waals surface area contributed by atoms with Crippen LogP contribution in [0.1, 0.15) is 5.56 Å². The van der Waals surface area contributed by atoms with Crippen molar-refractivity contribution in [2.24, 2.45) is 0 Å². The molecule has 9 nitrogen and oxygen atoms in total. The lowest BCUT2D eigenvalue weighted by Crippen LogP contribution is -2.18. The maximum atomic E-state index is 13.0. The normalized spacial score (nSPS) is 12.8. The minimum Gasteiger partial charge on any atom is -0.495 e. The van der Waals surface area contributed by atoms with Crippen LogP contribution in [-0.2, 0) is 16.4 Å². The molecule has 0 unspecified atom stereocenters. The molecule has 10 heteroatoms. The minimum absolute atomic E-state index is 0.0225. The SMILES string of the molecule is COc1cc(-c2ccc3c(c2)OCC3)ccc1-n1c(=O)ccc2cc(S(=O)(=O)Nc3ccon3)ccc21. The number of hydrogen-bond donors (Lipinski definition) is 1. The van der Waals surface area contributed by atoms with Gasteiger partial charge in [0.1, 0.15) is 17.8 Å². The molecule has 3 aromatic carbocycles. The molecule has 6 rings (SSSR count). The molecule has 0 saturated carbocycles. The highest BCUT2D eigenvalue weighted by Gasteiger charge is 2.19. The molecule has 0 aliphatic carbocycles. The number of nitrogens with zero attached hydrogens (tertiary/aromatic N) is 2. The fraction of sp³-hybridized carbons (Fsp3) is 0.111. The van der Waals surface area contributed by atoms with Crippen molar-refractivity contribution in [1.29, 1.82) is 0 Å². The van der Waals surface area contributed by atoms with E-state index in [0.29, 0.717) is 28.9 Å². The predicted octanol–water partition coefficient (Wildman–Crippen LogP) is 4.39. The molecule has 1 aliphatic rings. The molecule has 2 aromatic heterocycles. The summed E-state index contributed by atoms with van der Waals surface area (Å²) in [6.45, 7) is 0.685. The number of fused-ring (bicyclic) bond motifs is 2. The molecule has 0 saturated heterocycles. The van der Waals surface area contributed by atoms with Crippen molar-refractivity contribution in [3.05, 3.63) is 95.0 Å². The number of benzene rings is 3. The van der Waals surface area contributed by atoms with Gasteiger partial charge in [0.2, 0.25) is 0 Å². The van der Waals surface area contributed by atoms with Gasteiger partial charge in [0.05, 0.1) is 29.8 Å². The Kier molecular flexibility index (Phi) is 5.45. The number of aromatic nitrogens is 2. The Labute approximate surface area is 211 Å². The highest BCUT2D eigenvalue weighted by molar-refractivity contribution is 7.92. The fourth-order valence-corrected chi connectivity index (χ4v) is 5.52. The Morgan fingerprint density at radius 2 is 1.81 bits per heavy atom. The van der Waals surface area contributed by atoms with Gasteiger partial charge >= 0.3 is 0 Å². The first-order chi connectivity index (χ1) is 17.9. The van der Waals surface area contributed by atoms with Crippen molar-refractivity contribution < 1.29 is 22.4 Å². The summed E-state index contributed by atoms with van der Waals surface area (Å²) in [6, 6.07) is 20.7. The lowest BCUT2D eigenvalue weighted by Gasteiger charge is -2.16. The average molecular weight is 516 g/mol. The molecule has 0 radical (unpaired) electrons. The van der Waals surface area contributed by atoms with Gasteiger partial charge in [-0.25, -0.2) is 8.42 Å². The number of ether oxygens (including phenoxy) is 2. The zero-order valence-electron chi connectivity index (χ0n) is 19.7. The maximum Gasteiger partial charge on any atom is 0.263 e. The van der Waals surface area contributed by atoms with Crippen molar-refractivity contribution >= 4 is 26.7 Å². The lowest BCUT2D eigenvalue weighted by atomic mass is 10.0. The van der Waals surface area contributed by atoms with Gasteiger partial charge in [0, 0.05) is 23.9 Å². The van der Waals surface area contributed by atoms with Crippen LogP contribution in [0.2, 0.25) is 0 Å². The van der Waals surface area contributed by atoms with E-state index in [2.05, 4.69) is 20.5 Å². The third kappa shape index (κ3) is 4.11. The van der Waals surface area contributed by atoms with Crippen molar-refractivity contribution in [1.82, 2.24) is 9.72 Å². The highest BCUT2D eigenvalue weighted by Crippen LogP contribution is 2.35. The van der Waals surface area contributed by atoms with E-state index < -0.39 is 10.0 Å². The minimum atomic E-state index is -3.91. The van der Waals surface area contributed by atoms with Crippen LogP contribution in [0.25, 0.3) is 27.7 Å². The molecule has 0 bridgehead atoms. The van der Waals surface area contributed by atoms with Crippen LogP contribution in [0.5, 0.6) is 11.5 Å². The molecule has 0 spiro atoms. The van der Waals surface area contributed by atoms with Crippen LogP contribution in [0.15, 0.2) is 93.3 Å². The van der Waals surface area contributed by atoms with E-state index in [0.717, 1.165) is 23.3 Å². The summed E-state index contributed by atoms with van der Waals surface area (Å²) < 4.78 is 45.6. The molecule has 0 amide bonds. The standard InChI is InChI=1S/C27H21N3O6S/c1-34-25-16-19(18-3-2-17-10-12-35-24(17)15-18)4-7-23(25)30-22-8-6-21(14-20(22)5-9-27(30)31)37(32,33)29-26-11-13-36-28-26/h2-9,11,13-16H,10,12H2,1H3,(H,28,29). The van der Waals surface area contributed by atoms with Gasteiger partial charge < -0.3 is 14.0 Å². The Morgan fingerprint density at radius 1 is 0.973 bits per heavy atom. The summed E-state index contributed by atoms with van der Waals surface area (Å²) in [5.41, 5.74) is 3.87. The number of anilines is 1. The third-order valence-electron chi connectivity index (χ3n) is 6.30. The largest absolute Gasteiger partial charge is 0.495 e. The molecule has 3 heterocycles. The summed E-state index contributed by atoms with van der Waals surface area (Å²) in [5, 5.41) is 4.15. The zero-order chi connectivity index (χ0) is 25.6. The second-order valence-corrected chi connectivity index (χ2v) is 10.2. The van der Waals surface area contributed by atoms with Gasteiger partial charge in [-0.2, -0.15) is 0 Å². The van der Waals surface area contributed by atoms with Gasteiger partial charge in [-0.3, -0.25) is 14.1 Å². The van der Waals surface area contributed by atoms with Crippen LogP contribution in [0, 0.1) is 0 Å². The smallest absolute Gasteiger partial charge is 0.263 e. The number of sulfonamides is 1. The molecule has 1 N–H and O–H groups in total. The van der Waals surface area contributed by atoms with E-state index in [1.54, 1.807) is 19.2 Å². The number of rotatable bonds is 6. The van der Waals surface area contributed by atoms with Crippen LogP contribution in [0.3, 0.4) is 0 Å². The van der Waals surface area contributed by atoms with E-state index in [4.69, 9.17) is 9.47 Å². The molecule has 186 valence electrons. The Hall–Kier alpha value is -4.57. The van der Waals surface area contributed by atoms with Crippen LogP contribution >= 0.6 is 0 Å². The van der Waals surface area contributed by atoms with E-state index in [1.807, 2.05) is 30.3 Å². The molecule has 0 atom stereocenters. The van der Waals surface area contributed by atoms with Gasteiger partial charge in [0.25, 0.3) is 15.6 Å². The van der Waals surface area contributed by atoms with E-state index in [1.165, 1.54) is 40.7 Å². The number of hydrogen-bond acceptors (Lipinski definition) is 7. The molecular weight excluding hydrogens is 494 g/mol. The zero-order valence-corrected chi connectivity index (χ0v) is 20.5. The summed E-state index contributed by atoms with van der Waals surface area (Å²) >= 11 is 0. The first kappa shape index (κ1) is 22.9. The molecule has 5 aromatic rings. The highest BCUT2D eigenvalue weighted by atomic mass is 32.2. The first-order valence-electron chi connectivity index (χ1n) is 11.5. The molecule has 37 heavy (non-hydrogen) atoms. The van der Waals surface area contributed by atoms with E-state index in [-0.39, 0.29) is 16.3 Å². The van der Waals surface area contributed by atoms with Crippen molar-refractivity contribution in [3.8, 4) is 28.3 Å². The van der Waals surface area contributed by atoms with Gasteiger partial charge in [0.15, 0.2) is 5.82 Å². The Morgan fingerprint density at radius 3 is 2.62 bits per heavy atom. The molecule has 0 fully saturated rings. The molecule has 1 aliphatic heterocycles. The monoisotopic (exact) mass is 515 g/mol. The second-order valence-electron chi connectivity index (χ2n) is 8.53. The van der Waals surface area contributed by atoms with E-state index >= 15 is 0 Å². The fourth-order valence-electron chi connectivity index (χ4n) is 4.49. The van der Waals surface area contributed by atoms with Crippen molar-refractivity contribution in [3.63, 3.8) is 0 Å². The number of pyridine rings is 1. The van der Waals surface area contributed by atoms with Crippen LogP contribution in [-0.4, -0.2) is 31.9 Å². The number of nitrogens with one attached hydrogen (secondary N) is 1. The lowest BCUT2D eigenvalue weighted by molar-refractivity contribution is 0.357. The topological polar surface area (TPSA) is 113 Å². The number of methoxy groups -OCH3 is 1. The van der Waals surface area contributed by atoms with Crippen LogP contribution < -0.4 is 19.8 Å². The van der Waals surface area contributed by atoms with Crippen LogP contribution in [0.4, 0.5) is 5.82 Å². The average Bonchev–Trinajstić information content (AvgIpc) is 3.59. The van der Waals surface area contributed by atoms with E-state index in [9.17, 15) is 13.2 Å². The summed E-state index contributed by atoms with van der Waals surface area (Å²) in [5.74, 6) is 1.46. The quantitative estimate of drug-likeness (QED) is 0.357. The first-order valence-corrected chi connectivity index (χ1v) is 12.9. The van der Waals surface area contributed by atoms with Crippen molar-refractivity contribution in [2.75, 3.05) is 18.4 Å². The van der Waals surface area contributed by atoms with Gasteiger partial charge in [-0.1, -0.05) is 23.4 Å².